The molecule has 0 rings (SSSR count). The van der Waals surface area contributed by atoms with E-state index in [2.05, 4.69) is 97.6 Å². The third-order valence-corrected chi connectivity index (χ3v) is 6.36. The summed E-state index contributed by atoms with van der Waals surface area (Å²) in [4.78, 5) is 0. The molecule has 30 heavy (non-hydrogen) atoms. The standard InChI is InChI=1S/C25H53B2NO2/c1-20(2,3)24(11,12)29-18-15-22(7,8)26-17-14-25(13,28)30-19-16-23(9,10)27-21(4,5)6/h14-19,28H2,1-13H3. The zero-order valence-corrected chi connectivity index (χ0v) is 22.8. The number of hydrogen-bond acceptors (Lipinski definition) is 3. The van der Waals surface area contributed by atoms with Crippen LogP contribution in [-0.2, 0) is 9.47 Å². The normalized spacial score (nSPS) is 16.3. The summed E-state index contributed by atoms with van der Waals surface area (Å²) < 4.78 is 12.3. The fraction of sp³-hybridized carbons (Fsp3) is 1.00. The minimum atomic E-state index is -0.588. The van der Waals surface area contributed by atoms with Gasteiger partial charge in [0.25, 0.3) is 0 Å². The van der Waals surface area contributed by atoms with E-state index in [4.69, 9.17) is 15.2 Å². The summed E-state index contributed by atoms with van der Waals surface area (Å²) in [5.41, 5.74) is 5.83. The van der Waals surface area contributed by atoms with Gasteiger partial charge in [0.2, 0.25) is 0 Å². The Kier molecular flexibility index (Phi) is 10.8. The van der Waals surface area contributed by atoms with E-state index in [1.807, 2.05) is 6.92 Å². The molecule has 176 valence electrons. The van der Waals surface area contributed by atoms with Gasteiger partial charge >= 0.3 is 0 Å². The highest BCUT2D eigenvalue weighted by Crippen LogP contribution is 2.38. The van der Waals surface area contributed by atoms with E-state index < -0.39 is 5.72 Å². The van der Waals surface area contributed by atoms with Crippen LogP contribution in [0.2, 0.25) is 22.3 Å². The van der Waals surface area contributed by atoms with Crippen molar-refractivity contribution in [1.29, 1.82) is 0 Å². The van der Waals surface area contributed by atoms with Gasteiger partial charge in [-0.1, -0.05) is 91.5 Å². The largest absolute Gasteiger partial charge is 0.375 e. The van der Waals surface area contributed by atoms with Gasteiger partial charge in [-0.25, -0.2) is 0 Å². The molecule has 5 heteroatoms. The van der Waals surface area contributed by atoms with Gasteiger partial charge in [0.15, 0.2) is 0 Å². The summed E-state index contributed by atoms with van der Waals surface area (Å²) in [7, 11) is 4.79. The third kappa shape index (κ3) is 13.4. The number of hydrogen-bond donors (Lipinski definition) is 1. The minimum Gasteiger partial charge on any atom is -0.375 e. The van der Waals surface area contributed by atoms with Crippen LogP contribution in [0.3, 0.4) is 0 Å². The molecule has 2 radical (unpaired) electrons. The summed E-state index contributed by atoms with van der Waals surface area (Å²) in [6.45, 7) is 30.4. The molecule has 3 nitrogen and oxygen atoms in total. The van der Waals surface area contributed by atoms with Crippen molar-refractivity contribution >= 4 is 14.6 Å². The Labute approximate surface area is 191 Å². The van der Waals surface area contributed by atoms with Crippen molar-refractivity contribution in [1.82, 2.24) is 0 Å². The monoisotopic (exact) mass is 421 g/mol. The third-order valence-electron chi connectivity index (χ3n) is 6.36. The Morgan fingerprint density at radius 1 is 0.633 bits per heavy atom. The van der Waals surface area contributed by atoms with Crippen LogP contribution in [0.4, 0.5) is 0 Å². The minimum absolute atomic E-state index is 0.119. The van der Waals surface area contributed by atoms with Crippen LogP contribution in [-0.4, -0.2) is 39.1 Å². The first-order valence-corrected chi connectivity index (χ1v) is 11.9. The highest BCUT2D eigenvalue weighted by Gasteiger charge is 2.34. The molecule has 0 bridgehead atoms. The van der Waals surface area contributed by atoms with E-state index >= 15 is 0 Å². The Morgan fingerprint density at radius 2 is 1.10 bits per heavy atom. The summed E-state index contributed by atoms with van der Waals surface area (Å²) in [6, 6.07) is 0. The lowest BCUT2D eigenvalue weighted by Gasteiger charge is -2.39. The second-order valence-corrected chi connectivity index (χ2v) is 13.5. The fourth-order valence-corrected chi connectivity index (χ4v) is 3.50. The van der Waals surface area contributed by atoms with Gasteiger partial charge in [-0.05, 0) is 45.4 Å². The van der Waals surface area contributed by atoms with Crippen molar-refractivity contribution in [3.05, 3.63) is 0 Å². The lowest BCUT2D eigenvalue weighted by Crippen LogP contribution is -2.41. The molecule has 0 aliphatic carbocycles. The van der Waals surface area contributed by atoms with Crippen molar-refractivity contribution in [2.24, 2.45) is 11.1 Å². The Bertz CT molecular complexity index is 500. The molecule has 0 amide bonds. The lowest BCUT2D eigenvalue weighted by molar-refractivity contribution is -0.0924. The average Bonchev–Trinajstić information content (AvgIpc) is 2.41. The summed E-state index contributed by atoms with van der Waals surface area (Å²) >= 11 is 0. The zero-order chi connectivity index (χ0) is 24.1. The van der Waals surface area contributed by atoms with E-state index in [-0.39, 0.29) is 27.0 Å². The van der Waals surface area contributed by atoms with Crippen LogP contribution < -0.4 is 5.73 Å². The van der Waals surface area contributed by atoms with Gasteiger partial charge in [-0.3, -0.25) is 0 Å². The second-order valence-electron chi connectivity index (χ2n) is 13.5. The first-order chi connectivity index (χ1) is 13.1. The molecule has 0 heterocycles. The highest BCUT2D eigenvalue weighted by atomic mass is 16.5. The first-order valence-electron chi connectivity index (χ1n) is 11.9. The number of nitrogens with two attached hydrogens (primary N) is 1. The Hall–Kier alpha value is 0.00987. The molecular weight excluding hydrogens is 368 g/mol. The lowest BCUT2D eigenvalue weighted by atomic mass is 9.41. The molecular formula is C25H53B2NO2. The molecule has 0 aromatic rings. The van der Waals surface area contributed by atoms with Gasteiger partial charge in [0.1, 0.15) is 20.3 Å². The Balaban J connectivity index is 4.32. The molecule has 0 saturated carbocycles. The van der Waals surface area contributed by atoms with E-state index in [9.17, 15) is 0 Å². The second kappa shape index (κ2) is 10.8. The predicted octanol–water partition coefficient (Wildman–Crippen LogP) is 7.13. The van der Waals surface area contributed by atoms with Crippen LogP contribution in [0.25, 0.3) is 0 Å². The molecule has 0 spiro atoms. The van der Waals surface area contributed by atoms with Gasteiger partial charge in [-0.15, -0.1) is 0 Å². The molecule has 0 saturated heterocycles. The molecule has 0 aromatic carbocycles. The molecule has 0 fully saturated rings. The topological polar surface area (TPSA) is 44.5 Å². The maximum absolute atomic E-state index is 6.43. The first kappa shape index (κ1) is 30.0. The van der Waals surface area contributed by atoms with Crippen molar-refractivity contribution in [2.75, 3.05) is 13.2 Å². The molecule has 1 atom stereocenters. The zero-order valence-electron chi connectivity index (χ0n) is 22.8. The maximum atomic E-state index is 6.43. The van der Waals surface area contributed by atoms with Crippen LogP contribution in [0.1, 0.15) is 109 Å². The molecule has 0 aliphatic heterocycles. The molecule has 2 N–H and O–H groups in total. The summed E-state index contributed by atoms with van der Waals surface area (Å²) in [5, 5.41) is 0.471. The number of rotatable bonds is 13. The van der Waals surface area contributed by atoms with Crippen molar-refractivity contribution in [3.8, 4) is 0 Å². The SMILES string of the molecule is CC(C)(C)[B]C(C)(C)CCOC(C)(N)CC[B]C(C)(C)CCOC(C)(C)C(C)(C)C. The van der Waals surface area contributed by atoms with Gasteiger partial charge in [0.05, 0.1) is 5.60 Å². The van der Waals surface area contributed by atoms with Gasteiger partial charge < -0.3 is 15.2 Å². The predicted molar refractivity (Wildman–Crippen MR) is 136 cm³/mol. The van der Waals surface area contributed by atoms with Crippen molar-refractivity contribution in [2.45, 2.75) is 143 Å². The highest BCUT2D eigenvalue weighted by molar-refractivity contribution is 6.43. The van der Waals surface area contributed by atoms with Crippen molar-refractivity contribution < 1.29 is 9.47 Å². The molecule has 0 aliphatic rings. The summed E-state index contributed by atoms with van der Waals surface area (Å²) in [6.07, 6.45) is 3.76. The molecule has 0 aromatic heterocycles. The quantitative estimate of drug-likeness (QED) is 0.254. The Morgan fingerprint density at radius 3 is 1.57 bits per heavy atom. The van der Waals surface area contributed by atoms with Gasteiger partial charge in [-0.2, -0.15) is 0 Å². The van der Waals surface area contributed by atoms with Crippen LogP contribution in [0, 0.1) is 5.41 Å². The smallest absolute Gasteiger partial charge is 0.124 e. The van der Waals surface area contributed by atoms with E-state index in [0.29, 0.717) is 6.61 Å². The average molecular weight is 421 g/mol. The van der Waals surface area contributed by atoms with Crippen LogP contribution in [0.5, 0.6) is 0 Å². The summed E-state index contributed by atoms with van der Waals surface area (Å²) in [5.74, 6) is 0. The van der Waals surface area contributed by atoms with E-state index in [1.54, 1.807) is 0 Å². The van der Waals surface area contributed by atoms with Gasteiger partial charge in [0, 0.05) is 13.2 Å². The molecule has 1 unspecified atom stereocenters. The van der Waals surface area contributed by atoms with Crippen molar-refractivity contribution in [3.63, 3.8) is 0 Å². The maximum Gasteiger partial charge on any atom is 0.124 e. The van der Waals surface area contributed by atoms with Crippen LogP contribution >= 0.6 is 0 Å². The number of ether oxygens (including phenoxy) is 2. The van der Waals surface area contributed by atoms with E-state index in [0.717, 1.165) is 32.2 Å². The fourth-order valence-electron chi connectivity index (χ4n) is 3.50. The van der Waals surface area contributed by atoms with E-state index in [1.165, 1.54) is 0 Å². The van der Waals surface area contributed by atoms with Crippen LogP contribution in [0.15, 0.2) is 0 Å².